The van der Waals surface area contributed by atoms with Crippen LogP contribution in [-0.2, 0) is 9.53 Å². The summed E-state index contributed by atoms with van der Waals surface area (Å²) < 4.78 is 4.47. The molecule has 1 unspecified atom stereocenters. The first-order chi connectivity index (χ1) is 5.77. The van der Waals surface area contributed by atoms with Crippen molar-refractivity contribution >= 4 is 11.7 Å². The molecule has 12 heavy (non-hydrogen) atoms. The van der Waals surface area contributed by atoms with Crippen molar-refractivity contribution in [2.45, 2.75) is 18.9 Å². The molecule has 1 rings (SSSR count). The predicted molar refractivity (Wildman–Crippen MR) is 43.1 cm³/mol. The van der Waals surface area contributed by atoms with Crippen molar-refractivity contribution in [3.8, 4) is 0 Å². The molecule has 0 spiro atoms. The van der Waals surface area contributed by atoms with E-state index in [1.54, 1.807) is 0 Å². The molecular weight excluding hydrogens is 160 g/mol. The number of methoxy groups -OCH3 is 1. The van der Waals surface area contributed by atoms with E-state index in [2.05, 4.69) is 14.9 Å². The lowest BCUT2D eigenvalue weighted by Gasteiger charge is -2.13. The van der Waals surface area contributed by atoms with E-state index in [4.69, 9.17) is 0 Å². The third-order valence-electron chi connectivity index (χ3n) is 1.76. The Morgan fingerprint density at radius 3 is 3.08 bits per heavy atom. The second-order valence-corrected chi connectivity index (χ2v) is 2.57. The van der Waals surface area contributed by atoms with Gasteiger partial charge >= 0.3 is 5.97 Å². The van der Waals surface area contributed by atoms with Gasteiger partial charge in [0, 0.05) is 13.0 Å². The molecule has 0 aromatic carbocycles. The molecule has 0 amide bonds. The first-order valence-corrected chi connectivity index (χ1v) is 3.72. The maximum atomic E-state index is 10.9. The Bertz CT molecular complexity index is 225. The summed E-state index contributed by atoms with van der Waals surface area (Å²) in [7, 11) is 1.29. The second-order valence-electron chi connectivity index (χ2n) is 2.57. The van der Waals surface area contributed by atoms with Gasteiger partial charge in [-0.25, -0.2) is 4.79 Å². The van der Waals surface area contributed by atoms with Crippen molar-refractivity contribution in [1.82, 2.24) is 0 Å². The molecule has 1 aliphatic heterocycles. The summed E-state index contributed by atoms with van der Waals surface area (Å²) in [6.07, 6.45) is 0.945. The molecule has 1 aliphatic rings. The zero-order valence-electron chi connectivity index (χ0n) is 6.82. The highest BCUT2D eigenvalue weighted by Crippen LogP contribution is 2.11. The lowest BCUT2D eigenvalue weighted by molar-refractivity contribution is -0.132. The van der Waals surface area contributed by atoms with Crippen LogP contribution in [0.2, 0.25) is 0 Å². The lowest BCUT2D eigenvalue weighted by Crippen LogP contribution is -2.26. The van der Waals surface area contributed by atoms with Crippen LogP contribution in [0.25, 0.3) is 0 Å². The number of aliphatic imine (C=N–C) groups is 1. The molecule has 0 saturated carbocycles. The summed E-state index contributed by atoms with van der Waals surface area (Å²) in [6, 6.07) is -0.309. The van der Waals surface area contributed by atoms with Crippen molar-refractivity contribution < 1.29 is 9.53 Å². The molecule has 0 aliphatic carbocycles. The van der Waals surface area contributed by atoms with Gasteiger partial charge in [-0.05, 0) is 6.42 Å². The third kappa shape index (κ3) is 1.87. The normalized spacial score (nSPS) is 22.8. The molecule has 0 aromatic rings. The van der Waals surface area contributed by atoms with E-state index in [-0.39, 0.29) is 6.04 Å². The molecule has 0 aromatic heterocycles. The number of hydrogen-bond donors (Lipinski definition) is 0. The van der Waals surface area contributed by atoms with Crippen LogP contribution in [0.15, 0.2) is 10.2 Å². The van der Waals surface area contributed by atoms with Gasteiger partial charge in [0.15, 0.2) is 0 Å². The lowest BCUT2D eigenvalue weighted by atomic mass is 10.0. The Kier molecular flexibility index (Phi) is 2.90. The Balaban J connectivity index is 2.60. The highest BCUT2D eigenvalue weighted by molar-refractivity contribution is 6.36. The van der Waals surface area contributed by atoms with E-state index in [1.807, 2.05) is 0 Å². The molecule has 66 valence electrons. The number of ether oxygens (including phenoxy) is 1. The van der Waals surface area contributed by atoms with Crippen molar-refractivity contribution in [1.29, 1.82) is 0 Å². The third-order valence-corrected chi connectivity index (χ3v) is 1.76. The summed E-state index contributed by atoms with van der Waals surface area (Å²) in [5.74, 6) is -0.455. The maximum Gasteiger partial charge on any atom is 0.352 e. The molecule has 0 N–H and O–H groups in total. The molecule has 0 fully saturated rings. The molecule has 1 atom stereocenters. The summed E-state index contributed by atoms with van der Waals surface area (Å²) in [5, 5.41) is 2.88. The van der Waals surface area contributed by atoms with Gasteiger partial charge in [-0.15, -0.1) is 0 Å². The minimum atomic E-state index is -0.455. The van der Waals surface area contributed by atoms with Gasteiger partial charge in [0.1, 0.15) is 5.71 Å². The average molecular weight is 170 g/mol. The van der Waals surface area contributed by atoms with Crippen LogP contribution in [0, 0.1) is 4.91 Å². The monoisotopic (exact) mass is 170 g/mol. The van der Waals surface area contributed by atoms with E-state index in [9.17, 15) is 9.70 Å². The Labute approximate surface area is 69.8 Å². The van der Waals surface area contributed by atoms with Gasteiger partial charge in [-0.1, -0.05) is 5.18 Å². The topological polar surface area (TPSA) is 68.1 Å². The van der Waals surface area contributed by atoms with Gasteiger partial charge in [-0.3, -0.25) is 4.99 Å². The summed E-state index contributed by atoms with van der Waals surface area (Å²) in [6.45, 7) is 0.487. The molecule has 0 bridgehead atoms. The molecule has 0 radical (unpaired) electrons. The van der Waals surface area contributed by atoms with Crippen molar-refractivity contribution in [2.24, 2.45) is 10.2 Å². The fourth-order valence-electron chi connectivity index (χ4n) is 1.09. The fourth-order valence-corrected chi connectivity index (χ4v) is 1.09. The van der Waals surface area contributed by atoms with E-state index < -0.39 is 5.97 Å². The van der Waals surface area contributed by atoms with Crippen molar-refractivity contribution in [3.05, 3.63) is 4.91 Å². The Morgan fingerprint density at radius 1 is 1.75 bits per heavy atom. The van der Waals surface area contributed by atoms with Gasteiger partial charge in [-0.2, -0.15) is 4.91 Å². The SMILES string of the molecule is COC(=O)C1=NCCC(N=O)C1. The van der Waals surface area contributed by atoms with Gasteiger partial charge in [0.25, 0.3) is 0 Å². The van der Waals surface area contributed by atoms with E-state index >= 15 is 0 Å². The van der Waals surface area contributed by atoms with Crippen LogP contribution in [-0.4, -0.2) is 31.4 Å². The quantitative estimate of drug-likeness (QED) is 0.448. The van der Waals surface area contributed by atoms with Gasteiger partial charge < -0.3 is 4.74 Å². The summed E-state index contributed by atoms with van der Waals surface area (Å²) >= 11 is 0. The zero-order chi connectivity index (χ0) is 8.97. The molecule has 0 saturated heterocycles. The Morgan fingerprint density at radius 2 is 2.50 bits per heavy atom. The standard InChI is InChI=1S/C7H10N2O3/c1-12-7(10)6-4-5(9-11)2-3-8-6/h5H,2-4H2,1H3. The number of esters is 1. The van der Waals surface area contributed by atoms with E-state index in [0.29, 0.717) is 25.1 Å². The number of carbonyl (C=O) groups excluding carboxylic acids is 1. The van der Waals surface area contributed by atoms with E-state index in [1.165, 1.54) is 7.11 Å². The summed E-state index contributed by atoms with van der Waals surface area (Å²) in [4.78, 5) is 25.0. The minimum absolute atomic E-state index is 0.309. The number of nitroso groups, excluding NO2 is 1. The van der Waals surface area contributed by atoms with Crippen LogP contribution in [0.5, 0.6) is 0 Å². The molecule has 5 heteroatoms. The zero-order valence-corrected chi connectivity index (χ0v) is 6.82. The van der Waals surface area contributed by atoms with Crippen LogP contribution in [0.3, 0.4) is 0 Å². The number of rotatable bonds is 2. The highest BCUT2D eigenvalue weighted by Gasteiger charge is 2.22. The molecule has 1 heterocycles. The number of carbonyl (C=O) groups is 1. The van der Waals surface area contributed by atoms with Crippen LogP contribution >= 0.6 is 0 Å². The predicted octanol–water partition coefficient (Wildman–Crippen LogP) is 0.529. The first kappa shape index (κ1) is 8.83. The van der Waals surface area contributed by atoms with Crippen LogP contribution < -0.4 is 0 Å². The molecule has 5 nitrogen and oxygen atoms in total. The highest BCUT2D eigenvalue weighted by atomic mass is 16.5. The fraction of sp³-hybridized carbons (Fsp3) is 0.714. The maximum absolute atomic E-state index is 10.9. The average Bonchev–Trinajstić information content (AvgIpc) is 2.17. The Hall–Kier alpha value is -1.26. The van der Waals surface area contributed by atoms with Crippen molar-refractivity contribution in [2.75, 3.05) is 13.7 Å². The number of hydrogen-bond acceptors (Lipinski definition) is 5. The van der Waals surface area contributed by atoms with Gasteiger partial charge in [0.2, 0.25) is 0 Å². The van der Waals surface area contributed by atoms with Gasteiger partial charge in [0.05, 0.1) is 13.2 Å². The van der Waals surface area contributed by atoms with E-state index in [0.717, 1.165) is 0 Å². The van der Waals surface area contributed by atoms with Crippen LogP contribution in [0.4, 0.5) is 0 Å². The number of nitrogens with zero attached hydrogens (tertiary/aromatic N) is 2. The smallest absolute Gasteiger partial charge is 0.352 e. The minimum Gasteiger partial charge on any atom is -0.465 e. The van der Waals surface area contributed by atoms with Crippen LogP contribution in [0.1, 0.15) is 12.8 Å². The molecular formula is C7H10N2O3. The second kappa shape index (κ2) is 3.94. The first-order valence-electron chi connectivity index (χ1n) is 3.72. The van der Waals surface area contributed by atoms with Crippen molar-refractivity contribution in [3.63, 3.8) is 0 Å². The largest absolute Gasteiger partial charge is 0.465 e. The summed E-state index contributed by atoms with van der Waals surface area (Å²) in [5.41, 5.74) is 0.327.